The van der Waals surface area contributed by atoms with Gasteiger partial charge in [0.1, 0.15) is 0 Å². The summed E-state index contributed by atoms with van der Waals surface area (Å²) in [6.07, 6.45) is -17.0. The minimum absolute atomic E-state index is 0.438. The zero-order valence-corrected chi connectivity index (χ0v) is 26.5. The Labute approximate surface area is 305 Å². The molecule has 0 heterocycles. The molecule has 1 atom stereocenters. The first kappa shape index (κ1) is 57.6. The Morgan fingerprint density at radius 3 is 0.541 bits per heavy atom. The summed E-state index contributed by atoms with van der Waals surface area (Å²) in [6, 6.07) is 0. The van der Waals surface area contributed by atoms with E-state index in [2.05, 4.69) is 0 Å². The topological polar surface area (TPSA) is 26.3 Å². The lowest BCUT2D eigenvalue weighted by Crippen LogP contribution is -2.81. The van der Waals surface area contributed by atoms with Crippen molar-refractivity contribution in [3.8, 4) is 0 Å². The number of hydrogen-bond donors (Lipinski definition) is 0. The summed E-state index contributed by atoms with van der Waals surface area (Å²) in [4.78, 5) is 11.4. The zero-order valence-electron chi connectivity index (χ0n) is 26.5. The molecular weight excluding hydrogens is 999 g/mol. The average molecular weight is 1000 g/mol. The van der Waals surface area contributed by atoms with Gasteiger partial charge in [-0.05, 0) is 6.92 Å². The van der Waals surface area contributed by atoms with E-state index < -0.39 is 126 Å². The van der Waals surface area contributed by atoms with Crippen LogP contribution in [0.5, 0.6) is 0 Å². The van der Waals surface area contributed by atoms with Crippen LogP contribution in [0.4, 0.5) is 162 Å². The second kappa shape index (κ2) is 14.1. The molecule has 0 aliphatic heterocycles. The van der Waals surface area contributed by atoms with Gasteiger partial charge in [0.25, 0.3) is 0 Å². The molecule has 2 nitrogen and oxygen atoms in total. The Hall–Kier alpha value is -3.38. The van der Waals surface area contributed by atoms with Crippen LogP contribution >= 0.6 is 0 Å². The second-order valence-corrected chi connectivity index (χ2v) is 11.4. The lowest BCUT2D eigenvalue weighted by molar-refractivity contribution is -0.500. The maximum absolute atomic E-state index is 15.1. The maximum Gasteiger partial charge on any atom is 0.460 e. The van der Waals surface area contributed by atoms with Gasteiger partial charge in [0.2, 0.25) is 0 Å². The third-order valence-electron chi connectivity index (χ3n) is 7.23. The van der Waals surface area contributed by atoms with Crippen LogP contribution < -0.4 is 0 Å². The second-order valence-electron chi connectivity index (χ2n) is 11.4. The zero-order chi connectivity index (χ0) is 50.9. The molecule has 0 aromatic heterocycles. The summed E-state index contributed by atoms with van der Waals surface area (Å²) in [7, 11) is 0. The molecule has 364 valence electrons. The van der Waals surface area contributed by atoms with Crippen molar-refractivity contribution in [2.24, 2.45) is 0 Å². The van der Waals surface area contributed by atoms with E-state index in [1.54, 1.807) is 4.74 Å². The van der Waals surface area contributed by atoms with E-state index in [-0.39, 0.29) is 0 Å². The molecule has 39 heteroatoms. The van der Waals surface area contributed by atoms with Crippen molar-refractivity contribution in [1.29, 1.82) is 0 Å². The Morgan fingerprint density at radius 2 is 0.410 bits per heavy atom. The molecule has 0 aliphatic carbocycles. The number of halogens is 37. The highest BCUT2D eigenvalue weighted by molar-refractivity contribution is 5.87. The molecule has 0 rings (SSSR count). The number of ether oxygens (including phenoxy) is 1. The van der Waals surface area contributed by atoms with Crippen molar-refractivity contribution < 1.29 is 172 Å². The van der Waals surface area contributed by atoms with Crippen LogP contribution in [0.25, 0.3) is 0 Å². The van der Waals surface area contributed by atoms with Crippen molar-refractivity contribution in [2.45, 2.75) is 114 Å². The van der Waals surface area contributed by atoms with Crippen LogP contribution in [0.15, 0.2) is 12.2 Å². The first-order valence-corrected chi connectivity index (χ1v) is 13.0. The summed E-state index contributed by atoms with van der Waals surface area (Å²) in [5.74, 6) is -163. The molecule has 0 amide bonds. The highest BCUT2D eigenvalue weighted by Gasteiger charge is 3.03. The number of carbonyl (C=O) groups excluding carboxylic acids is 1. The van der Waals surface area contributed by atoms with Crippen LogP contribution in [0, 0.1) is 0 Å². The fraction of sp³-hybridized carbons (Fsp3) is 0.864. The molecule has 0 spiro atoms. The Bertz CT molecular complexity index is 1660. The SMILES string of the molecule is C=C(C)C(=O)OC(F)(C(F)(F)C(F)(F)C(F)(F)C(F)(F)C(F)(F)F)C(F)(F)C(F)(F)C(F)(F)C(F)(F)C(F)(F)C(F)(F)C(F)(F)C(F)(F)C(F)(F)C(F)(F)C(F)(F)C(F)(F)F. The molecule has 61 heavy (non-hydrogen) atoms. The summed E-state index contributed by atoms with van der Waals surface area (Å²) in [5.41, 5.74) is -2.41. The molecule has 0 radical (unpaired) electrons. The molecule has 0 aliphatic rings. The quantitative estimate of drug-likeness (QED) is 0.0825. The van der Waals surface area contributed by atoms with Gasteiger partial charge < -0.3 is 4.74 Å². The van der Waals surface area contributed by atoms with Crippen LogP contribution in [0.3, 0.4) is 0 Å². The molecule has 1 unspecified atom stereocenters. The fourth-order valence-corrected chi connectivity index (χ4v) is 3.47. The third-order valence-corrected chi connectivity index (χ3v) is 7.23. The number of hydrogen-bond acceptors (Lipinski definition) is 2. The van der Waals surface area contributed by atoms with E-state index in [9.17, 15) is 163 Å². The van der Waals surface area contributed by atoms with Gasteiger partial charge in [0.15, 0.2) is 0 Å². The maximum atomic E-state index is 15.1. The monoisotopic (exact) mass is 1000 g/mol. The van der Waals surface area contributed by atoms with E-state index in [4.69, 9.17) is 0 Å². The van der Waals surface area contributed by atoms with Crippen LogP contribution in [-0.2, 0) is 9.53 Å². The molecular formula is C22H5F37O2. The predicted molar refractivity (Wildman–Crippen MR) is 111 cm³/mol. The van der Waals surface area contributed by atoms with Gasteiger partial charge in [-0.25, -0.2) is 4.79 Å². The van der Waals surface area contributed by atoms with Crippen molar-refractivity contribution in [1.82, 2.24) is 0 Å². The highest BCUT2D eigenvalue weighted by atomic mass is 19.4. The fourth-order valence-electron chi connectivity index (χ4n) is 3.47. The predicted octanol–water partition coefficient (Wildman–Crippen LogP) is 12.4. The summed E-state index contributed by atoms with van der Waals surface area (Å²) < 4.78 is 507. The van der Waals surface area contributed by atoms with E-state index in [1.807, 2.05) is 6.58 Å². The molecule has 0 bridgehead atoms. The van der Waals surface area contributed by atoms with E-state index >= 15 is 4.39 Å². The Kier molecular flexibility index (Phi) is 13.3. The van der Waals surface area contributed by atoms with Gasteiger partial charge in [0, 0.05) is 5.57 Å². The smallest absolute Gasteiger partial charge is 0.413 e. The normalized spacial score (nSPS) is 17.6. The average Bonchev–Trinajstić information content (AvgIpc) is 3.01. The van der Waals surface area contributed by atoms with E-state index in [0.717, 1.165) is 0 Å². The molecule has 0 saturated carbocycles. The minimum Gasteiger partial charge on any atom is -0.413 e. The van der Waals surface area contributed by atoms with Gasteiger partial charge in [0.05, 0.1) is 0 Å². The highest BCUT2D eigenvalue weighted by Crippen LogP contribution is 2.70. The molecule has 0 fully saturated rings. The first-order valence-electron chi connectivity index (χ1n) is 13.0. The number of alkyl halides is 37. The molecule has 0 N–H and O–H groups in total. The van der Waals surface area contributed by atoms with Crippen molar-refractivity contribution in [3.05, 3.63) is 12.2 Å². The lowest BCUT2D eigenvalue weighted by atomic mass is 9.82. The lowest BCUT2D eigenvalue weighted by Gasteiger charge is -2.48. The van der Waals surface area contributed by atoms with Crippen molar-refractivity contribution in [3.63, 3.8) is 0 Å². The summed E-state index contributed by atoms with van der Waals surface area (Å²) >= 11 is 0. The number of carbonyl (C=O) groups is 1. The Morgan fingerprint density at radius 1 is 0.279 bits per heavy atom. The molecule has 0 aromatic carbocycles. The molecule has 0 saturated heterocycles. The van der Waals surface area contributed by atoms with Crippen molar-refractivity contribution >= 4 is 5.97 Å². The Balaban J connectivity index is 8.38. The largest absolute Gasteiger partial charge is 0.460 e. The van der Waals surface area contributed by atoms with Crippen LogP contribution in [0.1, 0.15) is 6.92 Å². The van der Waals surface area contributed by atoms with Gasteiger partial charge in [-0.15, -0.1) is 0 Å². The van der Waals surface area contributed by atoms with Gasteiger partial charge in [-0.3, -0.25) is 0 Å². The first-order chi connectivity index (χ1) is 25.6. The van der Waals surface area contributed by atoms with Gasteiger partial charge in [-0.2, -0.15) is 162 Å². The molecule has 0 aromatic rings. The summed E-state index contributed by atoms with van der Waals surface area (Å²) in [5, 5.41) is 0. The third kappa shape index (κ3) is 6.71. The number of esters is 1. The van der Waals surface area contributed by atoms with Crippen LogP contribution in [-0.4, -0.2) is 113 Å². The van der Waals surface area contributed by atoms with Gasteiger partial charge in [-0.1, -0.05) is 6.58 Å². The minimum atomic E-state index is -10.5. The standard InChI is InChI=1S/C22H5F37O2/c1-3(2)4(60)61-20(53,17(47,48)13(39,40)15(43,44)19(51,52)22(57,58)59)16(45,46)12(37,38)10(33,34)8(29,30)6(25,26)5(23,24)7(27,28)9(31,32)11(35,36)14(41,42)18(49,50)21(54,55)56/h1H2,2H3. The van der Waals surface area contributed by atoms with E-state index in [1.165, 1.54) is 0 Å². The van der Waals surface area contributed by atoms with Gasteiger partial charge >= 0.3 is 113 Å². The number of rotatable bonds is 17. The van der Waals surface area contributed by atoms with Crippen molar-refractivity contribution in [2.75, 3.05) is 0 Å². The van der Waals surface area contributed by atoms with Crippen LogP contribution in [0.2, 0.25) is 0 Å². The summed E-state index contributed by atoms with van der Waals surface area (Å²) in [6.45, 7) is 1.45. The van der Waals surface area contributed by atoms with E-state index in [0.29, 0.717) is 0 Å².